The zero-order valence-electron chi connectivity index (χ0n) is 10.6. The normalized spacial score (nSPS) is 10.7. The Morgan fingerprint density at radius 2 is 1.94 bits per heavy atom. The SMILES string of the molecule is CCc1nc(Cl)c(C)c(-c2ccc(F)cc2C)n1. The molecule has 0 N–H and O–H groups in total. The Morgan fingerprint density at radius 1 is 1.22 bits per heavy atom. The largest absolute Gasteiger partial charge is 0.233 e. The van der Waals surface area contributed by atoms with Crippen LogP contribution in [-0.4, -0.2) is 9.97 Å². The molecule has 0 amide bonds. The van der Waals surface area contributed by atoms with Gasteiger partial charge in [-0.05, 0) is 37.6 Å². The van der Waals surface area contributed by atoms with Gasteiger partial charge in [0.05, 0.1) is 5.69 Å². The fraction of sp³-hybridized carbons (Fsp3) is 0.286. The van der Waals surface area contributed by atoms with Gasteiger partial charge in [0.1, 0.15) is 16.8 Å². The minimum Gasteiger partial charge on any atom is -0.233 e. The lowest BCUT2D eigenvalue weighted by Gasteiger charge is -2.11. The standard InChI is InChI=1S/C14H14ClFN2/c1-4-12-17-13(9(3)14(15)18-12)11-6-5-10(16)7-8(11)2/h5-7H,4H2,1-3H3. The maximum atomic E-state index is 13.1. The lowest BCUT2D eigenvalue weighted by molar-refractivity contribution is 0.627. The van der Waals surface area contributed by atoms with E-state index in [2.05, 4.69) is 9.97 Å². The average molecular weight is 265 g/mol. The maximum Gasteiger partial charge on any atom is 0.136 e. The second-order valence-electron chi connectivity index (χ2n) is 4.22. The molecule has 4 heteroatoms. The Morgan fingerprint density at radius 3 is 2.56 bits per heavy atom. The van der Waals surface area contributed by atoms with E-state index >= 15 is 0 Å². The summed E-state index contributed by atoms with van der Waals surface area (Å²) in [5, 5.41) is 0.459. The molecule has 2 rings (SSSR count). The first-order chi connectivity index (χ1) is 8.52. The molecular weight excluding hydrogens is 251 g/mol. The molecule has 1 heterocycles. The molecule has 18 heavy (non-hydrogen) atoms. The number of hydrogen-bond donors (Lipinski definition) is 0. The highest BCUT2D eigenvalue weighted by Gasteiger charge is 2.12. The van der Waals surface area contributed by atoms with Gasteiger partial charge in [0.2, 0.25) is 0 Å². The number of rotatable bonds is 2. The lowest BCUT2D eigenvalue weighted by atomic mass is 10.0. The van der Waals surface area contributed by atoms with Gasteiger partial charge in [0, 0.05) is 17.5 Å². The number of aromatic nitrogens is 2. The fourth-order valence-electron chi connectivity index (χ4n) is 1.85. The first kappa shape index (κ1) is 13.0. The van der Waals surface area contributed by atoms with Crippen molar-refractivity contribution >= 4 is 11.6 Å². The molecule has 1 aromatic heterocycles. The van der Waals surface area contributed by atoms with Gasteiger partial charge in [0.15, 0.2) is 0 Å². The number of halogens is 2. The van der Waals surface area contributed by atoms with Crippen LogP contribution in [0, 0.1) is 19.7 Å². The van der Waals surface area contributed by atoms with Gasteiger partial charge in [0.25, 0.3) is 0 Å². The van der Waals surface area contributed by atoms with Crippen molar-refractivity contribution in [3.63, 3.8) is 0 Å². The van der Waals surface area contributed by atoms with Crippen LogP contribution in [0.3, 0.4) is 0 Å². The molecule has 0 bridgehead atoms. The molecule has 0 radical (unpaired) electrons. The van der Waals surface area contributed by atoms with Crippen LogP contribution in [0.15, 0.2) is 18.2 Å². The molecule has 0 saturated heterocycles. The highest BCUT2D eigenvalue weighted by molar-refractivity contribution is 6.30. The van der Waals surface area contributed by atoms with Crippen LogP contribution >= 0.6 is 11.6 Å². The van der Waals surface area contributed by atoms with Crippen molar-refractivity contribution in [2.24, 2.45) is 0 Å². The van der Waals surface area contributed by atoms with Gasteiger partial charge < -0.3 is 0 Å². The summed E-state index contributed by atoms with van der Waals surface area (Å²) in [5.74, 6) is 0.453. The third kappa shape index (κ3) is 2.36. The quantitative estimate of drug-likeness (QED) is 0.763. The fourth-order valence-corrected chi connectivity index (χ4v) is 2.03. The van der Waals surface area contributed by atoms with Crippen LogP contribution in [0.1, 0.15) is 23.9 Å². The summed E-state index contributed by atoms with van der Waals surface area (Å²) < 4.78 is 13.1. The Labute approximate surface area is 111 Å². The van der Waals surface area contributed by atoms with E-state index in [1.54, 1.807) is 6.07 Å². The van der Waals surface area contributed by atoms with Gasteiger partial charge in [-0.3, -0.25) is 0 Å². The minimum atomic E-state index is -0.246. The summed E-state index contributed by atoms with van der Waals surface area (Å²) in [5.41, 5.74) is 3.34. The molecule has 0 aliphatic carbocycles. The highest BCUT2D eigenvalue weighted by Crippen LogP contribution is 2.28. The van der Waals surface area contributed by atoms with E-state index in [-0.39, 0.29) is 5.82 Å². The molecule has 0 unspecified atom stereocenters. The van der Waals surface area contributed by atoms with E-state index in [1.807, 2.05) is 20.8 Å². The molecule has 0 spiro atoms. The van der Waals surface area contributed by atoms with Crippen molar-refractivity contribution in [1.29, 1.82) is 0 Å². The third-order valence-electron chi connectivity index (χ3n) is 2.89. The first-order valence-electron chi connectivity index (χ1n) is 5.82. The van der Waals surface area contributed by atoms with Crippen molar-refractivity contribution in [1.82, 2.24) is 9.97 Å². The van der Waals surface area contributed by atoms with Crippen LogP contribution in [-0.2, 0) is 6.42 Å². The summed E-state index contributed by atoms with van der Waals surface area (Å²) in [6, 6.07) is 4.66. The Balaban J connectivity index is 2.66. The smallest absolute Gasteiger partial charge is 0.136 e. The van der Waals surface area contributed by atoms with E-state index in [0.717, 1.165) is 22.4 Å². The molecule has 0 fully saturated rings. The van der Waals surface area contributed by atoms with Gasteiger partial charge >= 0.3 is 0 Å². The number of aryl methyl sites for hydroxylation is 2. The third-order valence-corrected chi connectivity index (χ3v) is 3.26. The topological polar surface area (TPSA) is 25.8 Å². The van der Waals surface area contributed by atoms with Crippen molar-refractivity contribution in [2.75, 3.05) is 0 Å². The van der Waals surface area contributed by atoms with Crippen molar-refractivity contribution < 1.29 is 4.39 Å². The van der Waals surface area contributed by atoms with Crippen molar-refractivity contribution in [3.05, 3.63) is 46.1 Å². The molecule has 2 nitrogen and oxygen atoms in total. The second kappa shape index (κ2) is 5.02. The summed E-state index contributed by atoms with van der Waals surface area (Å²) in [7, 11) is 0. The number of nitrogens with zero attached hydrogens (tertiary/aromatic N) is 2. The molecule has 1 aromatic carbocycles. The van der Waals surface area contributed by atoms with E-state index in [0.29, 0.717) is 17.4 Å². The summed E-state index contributed by atoms with van der Waals surface area (Å²) in [6.45, 7) is 5.71. The highest BCUT2D eigenvalue weighted by atomic mass is 35.5. The predicted molar refractivity (Wildman–Crippen MR) is 71.3 cm³/mol. The van der Waals surface area contributed by atoms with Gasteiger partial charge in [-0.15, -0.1) is 0 Å². The second-order valence-corrected chi connectivity index (χ2v) is 4.58. The Bertz CT molecular complexity index is 597. The first-order valence-corrected chi connectivity index (χ1v) is 6.20. The van der Waals surface area contributed by atoms with Crippen molar-refractivity contribution in [3.8, 4) is 11.3 Å². The van der Waals surface area contributed by atoms with Crippen molar-refractivity contribution in [2.45, 2.75) is 27.2 Å². The number of benzene rings is 1. The van der Waals surface area contributed by atoms with E-state index in [9.17, 15) is 4.39 Å². The average Bonchev–Trinajstić information content (AvgIpc) is 2.33. The molecule has 0 saturated carbocycles. The van der Waals surface area contributed by atoms with Gasteiger partial charge in [-0.25, -0.2) is 14.4 Å². The van der Waals surface area contributed by atoms with Crippen LogP contribution < -0.4 is 0 Å². The lowest BCUT2D eigenvalue weighted by Crippen LogP contribution is -2.00. The summed E-state index contributed by atoms with van der Waals surface area (Å²) in [4.78, 5) is 8.70. The van der Waals surface area contributed by atoms with E-state index in [1.165, 1.54) is 12.1 Å². The van der Waals surface area contributed by atoms with Crippen LogP contribution in [0.2, 0.25) is 5.15 Å². The van der Waals surface area contributed by atoms with Crippen LogP contribution in [0.4, 0.5) is 4.39 Å². The maximum absolute atomic E-state index is 13.1. The Kier molecular flexibility index (Phi) is 3.62. The summed E-state index contributed by atoms with van der Waals surface area (Å²) >= 11 is 6.11. The monoisotopic (exact) mass is 264 g/mol. The molecule has 2 aromatic rings. The van der Waals surface area contributed by atoms with E-state index in [4.69, 9.17) is 11.6 Å². The van der Waals surface area contributed by atoms with Gasteiger partial charge in [-0.2, -0.15) is 0 Å². The number of hydrogen-bond acceptors (Lipinski definition) is 2. The van der Waals surface area contributed by atoms with Crippen LogP contribution in [0.5, 0.6) is 0 Å². The molecule has 0 aliphatic heterocycles. The minimum absolute atomic E-state index is 0.246. The Hall–Kier alpha value is -1.48. The van der Waals surface area contributed by atoms with Gasteiger partial charge in [-0.1, -0.05) is 18.5 Å². The predicted octanol–water partition coefficient (Wildman–Crippen LogP) is 4.12. The van der Waals surface area contributed by atoms with Crippen LogP contribution in [0.25, 0.3) is 11.3 Å². The molecular formula is C14H14ClFN2. The summed E-state index contributed by atoms with van der Waals surface area (Å²) in [6.07, 6.45) is 0.716. The zero-order chi connectivity index (χ0) is 13.3. The molecule has 0 aliphatic rings. The molecule has 0 atom stereocenters. The zero-order valence-corrected chi connectivity index (χ0v) is 11.3. The van der Waals surface area contributed by atoms with E-state index < -0.39 is 0 Å². The molecule has 94 valence electrons.